The van der Waals surface area contributed by atoms with Gasteiger partial charge in [0.1, 0.15) is 11.3 Å². The van der Waals surface area contributed by atoms with E-state index >= 15 is 0 Å². The molecule has 0 saturated heterocycles. The molecule has 0 spiro atoms. The van der Waals surface area contributed by atoms with E-state index in [0.29, 0.717) is 17.2 Å². The molecule has 0 saturated carbocycles. The third kappa shape index (κ3) is 2.18. The van der Waals surface area contributed by atoms with Gasteiger partial charge in [-0.25, -0.2) is 9.67 Å². The number of rotatable bonds is 3. The Morgan fingerprint density at radius 3 is 2.52 bits per heavy atom. The molecule has 0 unspecified atom stereocenters. The second-order valence-electron chi connectivity index (χ2n) is 4.56. The highest BCUT2D eigenvalue weighted by molar-refractivity contribution is 5.80. The number of imidazole rings is 1. The van der Waals surface area contributed by atoms with Crippen molar-refractivity contribution in [2.45, 2.75) is 13.5 Å². The van der Waals surface area contributed by atoms with Crippen LogP contribution in [0.1, 0.15) is 5.69 Å². The predicted molar refractivity (Wildman–Crippen MR) is 73.6 cm³/mol. The quantitative estimate of drug-likeness (QED) is 0.804. The average Bonchev–Trinajstić information content (AvgIpc) is 2.88. The minimum absolute atomic E-state index is 0.0878. The summed E-state index contributed by atoms with van der Waals surface area (Å²) < 4.78 is 32.0. The third-order valence-electron chi connectivity index (χ3n) is 3.15. The summed E-state index contributed by atoms with van der Waals surface area (Å²) in [7, 11) is 1.79. The lowest BCUT2D eigenvalue weighted by molar-refractivity contribution is -0.0498. The highest BCUT2D eigenvalue weighted by atomic mass is 19.3. The first-order valence-corrected chi connectivity index (χ1v) is 6.20. The van der Waals surface area contributed by atoms with Crippen molar-refractivity contribution in [3.05, 3.63) is 30.0 Å². The summed E-state index contributed by atoms with van der Waals surface area (Å²) in [4.78, 5) is 4.29. The van der Waals surface area contributed by atoms with Crippen LogP contribution in [0.4, 0.5) is 14.7 Å². The highest BCUT2D eigenvalue weighted by Gasteiger charge is 2.17. The number of hydrogen-bond donors (Lipinski definition) is 1. The van der Waals surface area contributed by atoms with Gasteiger partial charge in [-0.3, -0.25) is 4.57 Å². The molecule has 6 nitrogen and oxygen atoms in total. The molecule has 2 N–H and O–H groups in total. The molecule has 0 aliphatic rings. The van der Waals surface area contributed by atoms with Crippen molar-refractivity contribution in [1.82, 2.24) is 19.3 Å². The van der Waals surface area contributed by atoms with Gasteiger partial charge in [0.25, 0.3) is 0 Å². The number of alkyl halides is 2. The third-order valence-corrected chi connectivity index (χ3v) is 3.15. The number of nitrogens with zero attached hydrogens (tertiary/aromatic N) is 4. The first kappa shape index (κ1) is 13.3. The molecule has 1 aromatic carbocycles. The molecule has 3 aromatic rings. The lowest BCUT2D eigenvalue weighted by Crippen LogP contribution is -2.05. The Balaban J connectivity index is 2.10. The maximum atomic E-state index is 12.2. The van der Waals surface area contributed by atoms with E-state index in [1.165, 1.54) is 12.1 Å². The van der Waals surface area contributed by atoms with Crippen molar-refractivity contribution >= 4 is 17.1 Å². The first-order valence-electron chi connectivity index (χ1n) is 6.20. The van der Waals surface area contributed by atoms with Crippen LogP contribution >= 0.6 is 0 Å². The van der Waals surface area contributed by atoms with Crippen LogP contribution in [0, 0.1) is 6.92 Å². The molecular weight excluding hydrogens is 280 g/mol. The Morgan fingerprint density at radius 2 is 1.90 bits per heavy atom. The van der Waals surface area contributed by atoms with Gasteiger partial charge >= 0.3 is 6.61 Å². The molecule has 2 heterocycles. The minimum Gasteiger partial charge on any atom is -0.435 e. The standard InChI is InChI=1S/C13H13F2N5O/c1-7-10-11(19(2)18-7)20(13(16)17-10)8-3-5-9(6-4-8)21-12(14)15/h3-6,12H,1-2H3,(H2,16,17). The number of hydrogen-bond acceptors (Lipinski definition) is 4. The van der Waals surface area contributed by atoms with E-state index in [2.05, 4.69) is 14.8 Å². The summed E-state index contributed by atoms with van der Waals surface area (Å²) in [5.74, 6) is 0.397. The topological polar surface area (TPSA) is 70.9 Å². The molecule has 0 aliphatic carbocycles. The van der Waals surface area contributed by atoms with Crippen molar-refractivity contribution in [2.75, 3.05) is 5.73 Å². The number of aromatic nitrogens is 4. The van der Waals surface area contributed by atoms with Crippen LogP contribution in [0.3, 0.4) is 0 Å². The fourth-order valence-electron chi connectivity index (χ4n) is 2.32. The van der Waals surface area contributed by atoms with Crippen molar-refractivity contribution in [1.29, 1.82) is 0 Å². The molecule has 0 aliphatic heterocycles. The Bertz CT molecular complexity index is 791. The van der Waals surface area contributed by atoms with E-state index in [4.69, 9.17) is 5.73 Å². The molecule has 0 bridgehead atoms. The summed E-state index contributed by atoms with van der Waals surface area (Å²) >= 11 is 0. The van der Waals surface area contributed by atoms with E-state index in [0.717, 1.165) is 11.3 Å². The van der Waals surface area contributed by atoms with Gasteiger partial charge in [0, 0.05) is 7.05 Å². The molecule has 0 atom stereocenters. The van der Waals surface area contributed by atoms with Crippen LogP contribution in [0.25, 0.3) is 16.9 Å². The number of nitrogen functional groups attached to an aromatic ring is 1. The molecule has 8 heteroatoms. The molecule has 2 aromatic heterocycles. The van der Waals surface area contributed by atoms with E-state index in [-0.39, 0.29) is 5.75 Å². The fraction of sp³-hybridized carbons (Fsp3) is 0.231. The van der Waals surface area contributed by atoms with E-state index in [9.17, 15) is 8.78 Å². The number of halogens is 2. The molecule has 0 amide bonds. The van der Waals surface area contributed by atoms with E-state index in [1.807, 2.05) is 6.92 Å². The van der Waals surface area contributed by atoms with Crippen molar-refractivity contribution < 1.29 is 13.5 Å². The molecular formula is C13H13F2N5O. The zero-order chi connectivity index (χ0) is 15.1. The number of ether oxygens (including phenoxy) is 1. The largest absolute Gasteiger partial charge is 0.435 e. The lowest BCUT2D eigenvalue weighted by atomic mass is 10.3. The van der Waals surface area contributed by atoms with Gasteiger partial charge in [-0.1, -0.05) is 0 Å². The van der Waals surface area contributed by atoms with Gasteiger partial charge in [-0.2, -0.15) is 13.9 Å². The van der Waals surface area contributed by atoms with E-state index < -0.39 is 6.61 Å². The average molecular weight is 293 g/mol. The van der Waals surface area contributed by atoms with Gasteiger partial charge in [0.15, 0.2) is 5.65 Å². The molecule has 0 fully saturated rings. The van der Waals surface area contributed by atoms with Crippen LogP contribution in [0.15, 0.2) is 24.3 Å². The van der Waals surface area contributed by atoms with Crippen LogP contribution in [0.5, 0.6) is 5.75 Å². The minimum atomic E-state index is -2.85. The van der Waals surface area contributed by atoms with Gasteiger partial charge < -0.3 is 10.5 Å². The SMILES string of the molecule is Cc1nn(C)c2c1nc(N)n2-c1ccc(OC(F)F)cc1. The first-order chi connectivity index (χ1) is 9.97. The van der Waals surface area contributed by atoms with Crippen LogP contribution in [-0.4, -0.2) is 25.9 Å². The van der Waals surface area contributed by atoms with Gasteiger partial charge in [-0.15, -0.1) is 0 Å². The number of benzene rings is 1. The molecule has 21 heavy (non-hydrogen) atoms. The van der Waals surface area contributed by atoms with Crippen LogP contribution in [0.2, 0.25) is 0 Å². The van der Waals surface area contributed by atoms with E-state index in [1.54, 1.807) is 28.4 Å². The summed E-state index contributed by atoms with van der Waals surface area (Å²) in [6.45, 7) is -1.00. The molecule has 3 rings (SSSR count). The summed E-state index contributed by atoms with van der Waals surface area (Å²) in [5.41, 5.74) is 8.87. The Morgan fingerprint density at radius 1 is 1.24 bits per heavy atom. The fourth-order valence-corrected chi connectivity index (χ4v) is 2.32. The zero-order valence-electron chi connectivity index (χ0n) is 11.4. The van der Waals surface area contributed by atoms with Crippen LogP contribution in [-0.2, 0) is 7.05 Å². The summed E-state index contributed by atoms with van der Waals surface area (Å²) in [6.07, 6.45) is 0. The molecule has 0 radical (unpaired) electrons. The van der Waals surface area contributed by atoms with Crippen molar-refractivity contribution in [3.63, 3.8) is 0 Å². The second-order valence-corrected chi connectivity index (χ2v) is 4.56. The van der Waals surface area contributed by atoms with Crippen LogP contribution < -0.4 is 10.5 Å². The van der Waals surface area contributed by atoms with Crippen molar-refractivity contribution in [2.24, 2.45) is 7.05 Å². The van der Waals surface area contributed by atoms with Gasteiger partial charge in [0.2, 0.25) is 5.95 Å². The Hall–Kier alpha value is -2.64. The number of nitrogens with two attached hydrogens (primary N) is 1. The summed E-state index contributed by atoms with van der Waals surface area (Å²) in [6, 6.07) is 6.18. The number of anilines is 1. The number of fused-ring (bicyclic) bond motifs is 1. The monoisotopic (exact) mass is 293 g/mol. The lowest BCUT2D eigenvalue weighted by Gasteiger charge is -2.09. The zero-order valence-corrected chi connectivity index (χ0v) is 11.4. The summed E-state index contributed by atoms with van der Waals surface area (Å²) in [5, 5.41) is 4.29. The normalized spacial score (nSPS) is 11.5. The number of aryl methyl sites for hydroxylation is 2. The van der Waals surface area contributed by atoms with Crippen molar-refractivity contribution in [3.8, 4) is 11.4 Å². The molecule has 110 valence electrons. The maximum Gasteiger partial charge on any atom is 0.387 e. The second kappa shape index (κ2) is 4.72. The van der Waals surface area contributed by atoms with Gasteiger partial charge in [-0.05, 0) is 31.2 Å². The maximum absolute atomic E-state index is 12.2. The Labute approximate surface area is 118 Å². The smallest absolute Gasteiger partial charge is 0.387 e. The highest BCUT2D eigenvalue weighted by Crippen LogP contribution is 2.26. The van der Waals surface area contributed by atoms with Gasteiger partial charge in [0.05, 0.1) is 11.4 Å². The predicted octanol–water partition coefficient (Wildman–Crippen LogP) is 2.25. The Kier molecular flexibility index (Phi) is 3.00.